The van der Waals surface area contributed by atoms with Crippen LogP contribution in [0.5, 0.6) is 0 Å². The van der Waals surface area contributed by atoms with Gasteiger partial charge in [0, 0.05) is 0 Å². The van der Waals surface area contributed by atoms with Crippen LogP contribution in [-0.2, 0) is 9.53 Å². The molecule has 118 valence electrons. The van der Waals surface area contributed by atoms with Gasteiger partial charge in [0.05, 0.1) is 6.04 Å². The summed E-state index contributed by atoms with van der Waals surface area (Å²) in [5, 5.41) is 20.0. The molecular formula is C12H21F2NO5. The first-order chi connectivity index (χ1) is 8.91. The summed E-state index contributed by atoms with van der Waals surface area (Å²) in [4.78, 5) is 21.9. The fraction of sp³-hybridized carbons (Fsp3) is 0.833. The van der Waals surface area contributed by atoms with E-state index in [2.05, 4.69) is 5.32 Å². The first-order valence-corrected chi connectivity index (χ1v) is 6.20. The molecular weight excluding hydrogens is 276 g/mol. The molecule has 0 heterocycles. The highest BCUT2D eigenvalue weighted by atomic mass is 19.3. The molecule has 0 bridgehead atoms. The number of ether oxygens (including phenoxy) is 1. The van der Waals surface area contributed by atoms with Gasteiger partial charge in [0.1, 0.15) is 11.7 Å². The number of halogens is 2. The molecule has 0 aromatic carbocycles. The number of hydrogen-bond acceptors (Lipinski definition) is 4. The fourth-order valence-electron chi connectivity index (χ4n) is 1.46. The lowest BCUT2D eigenvalue weighted by molar-refractivity contribution is -0.185. The van der Waals surface area contributed by atoms with Crippen LogP contribution in [-0.4, -0.2) is 45.9 Å². The molecule has 0 aliphatic carbocycles. The number of aliphatic hydroxyl groups is 1. The van der Waals surface area contributed by atoms with E-state index in [-0.39, 0.29) is 6.42 Å². The highest BCUT2D eigenvalue weighted by Gasteiger charge is 2.50. The van der Waals surface area contributed by atoms with Crippen molar-refractivity contribution in [2.45, 2.75) is 64.2 Å². The number of hydrogen-bond donors (Lipinski definition) is 3. The average Bonchev–Trinajstić information content (AvgIpc) is 2.24. The minimum Gasteiger partial charge on any atom is -0.477 e. The molecule has 20 heavy (non-hydrogen) atoms. The summed E-state index contributed by atoms with van der Waals surface area (Å²) in [7, 11) is 0. The van der Waals surface area contributed by atoms with E-state index in [9.17, 15) is 23.5 Å². The molecule has 3 N–H and O–H groups in total. The van der Waals surface area contributed by atoms with Crippen LogP contribution in [0.4, 0.5) is 13.6 Å². The highest BCUT2D eigenvalue weighted by Crippen LogP contribution is 2.23. The minimum atomic E-state index is -4.35. The van der Waals surface area contributed by atoms with E-state index >= 15 is 0 Å². The first kappa shape index (κ1) is 18.6. The summed E-state index contributed by atoms with van der Waals surface area (Å²) in [6.45, 7) is 6.41. The van der Waals surface area contributed by atoms with E-state index in [1.807, 2.05) is 0 Å². The minimum absolute atomic E-state index is 0.0106. The average molecular weight is 297 g/mol. The number of carboxylic acid groups (broad SMARTS) is 1. The fourth-order valence-corrected chi connectivity index (χ4v) is 1.46. The quantitative estimate of drug-likeness (QED) is 0.694. The van der Waals surface area contributed by atoms with Gasteiger partial charge in [0.15, 0.2) is 0 Å². The van der Waals surface area contributed by atoms with Crippen LogP contribution in [0.2, 0.25) is 0 Å². The molecule has 1 unspecified atom stereocenters. The molecule has 0 fully saturated rings. The van der Waals surface area contributed by atoms with E-state index in [0.717, 1.165) is 0 Å². The molecule has 0 saturated heterocycles. The normalized spacial score (nSPS) is 15.3. The zero-order valence-corrected chi connectivity index (χ0v) is 11.9. The number of amides is 1. The summed E-state index contributed by atoms with van der Waals surface area (Å²) < 4.78 is 31.4. The van der Waals surface area contributed by atoms with Crippen LogP contribution >= 0.6 is 0 Å². The van der Waals surface area contributed by atoms with Gasteiger partial charge in [-0.25, -0.2) is 9.59 Å². The van der Waals surface area contributed by atoms with Crippen molar-refractivity contribution in [2.24, 2.45) is 0 Å². The SMILES string of the molecule is CCC[C@H](NC(=O)OC(C)(C)C)C(O)C(F)(F)C(=O)O. The Morgan fingerprint density at radius 3 is 2.15 bits per heavy atom. The van der Waals surface area contributed by atoms with Crippen molar-refractivity contribution < 1.29 is 33.3 Å². The summed E-state index contributed by atoms with van der Waals surface area (Å²) in [5.74, 6) is -6.80. The summed E-state index contributed by atoms with van der Waals surface area (Å²) >= 11 is 0. The number of alkyl halides is 2. The van der Waals surface area contributed by atoms with Crippen LogP contribution in [0.15, 0.2) is 0 Å². The molecule has 2 atom stereocenters. The van der Waals surface area contributed by atoms with Gasteiger partial charge in [-0.2, -0.15) is 8.78 Å². The topological polar surface area (TPSA) is 95.9 Å². The first-order valence-electron chi connectivity index (χ1n) is 6.20. The molecule has 0 aliphatic rings. The Labute approximate surface area is 116 Å². The molecule has 0 aromatic heterocycles. The van der Waals surface area contributed by atoms with Crippen molar-refractivity contribution in [3.8, 4) is 0 Å². The lowest BCUT2D eigenvalue weighted by Gasteiger charge is -2.29. The lowest BCUT2D eigenvalue weighted by Crippen LogP contribution is -2.55. The van der Waals surface area contributed by atoms with E-state index in [4.69, 9.17) is 9.84 Å². The van der Waals surface area contributed by atoms with Gasteiger partial charge in [-0.3, -0.25) is 0 Å². The summed E-state index contributed by atoms with van der Waals surface area (Å²) in [6, 6.07) is -1.42. The van der Waals surface area contributed by atoms with Crippen LogP contribution in [0.1, 0.15) is 40.5 Å². The summed E-state index contributed by atoms with van der Waals surface area (Å²) in [6.07, 6.45) is -3.17. The van der Waals surface area contributed by atoms with Gasteiger partial charge >= 0.3 is 18.0 Å². The van der Waals surface area contributed by atoms with Crippen molar-refractivity contribution in [1.82, 2.24) is 5.32 Å². The molecule has 6 nitrogen and oxygen atoms in total. The van der Waals surface area contributed by atoms with Gasteiger partial charge in [0.2, 0.25) is 0 Å². The molecule has 1 amide bonds. The second-order valence-electron chi connectivity index (χ2n) is 5.41. The Bertz CT molecular complexity index is 354. The Morgan fingerprint density at radius 2 is 1.80 bits per heavy atom. The number of carboxylic acids is 1. The Morgan fingerprint density at radius 1 is 1.30 bits per heavy atom. The van der Waals surface area contributed by atoms with E-state index in [0.29, 0.717) is 6.42 Å². The van der Waals surface area contributed by atoms with Crippen molar-refractivity contribution in [2.75, 3.05) is 0 Å². The third kappa shape index (κ3) is 5.68. The maximum Gasteiger partial charge on any atom is 0.407 e. The monoisotopic (exact) mass is 297 g/mol. The van der Waals surface area contributed by atoms with Gasteiger partial charge in [-0.05, 0) is 27.2 Å². The molecule has 0 aromatic rings. The number of carbonyl (C=O) groups excluding carboxylic acids is 1. The number of rotatable bonds is 6. The molecule has 0 saturated carbocycles. The largest absolute Gasteiger partial charge is 0.477 e. The summed E-state index contributed by atoms with van der Waals surface area (Å²) in [5.41, 5.74) is -0.832. The number of aliphatic hydroxyl groups excluding tert-OH is 1. The Balaban J connectivity index is 4.89. The smallest absolute Gasteiger partial charge is 0.407 e. The van der Waals surface area contributed by atoms with E-state index in [1.54, 1.807) is 27.7 Å². The predicted molar refractivity (Wildman–Crippen MR) is 66.7 cm³/mol. The maximum absolute atomic E-state index is 13.3. The lowest BCUT2D eigenvalue weighted by atomic mass is 10.0. The Kier molecular flexibility index (Phi) is 6.33. The second kappa shape index (κ2) is 6.83. The zero-order chi connectivity index (χ0) is 16.1. The maximum atomic E-state index is 13.3. The van der Waals surface area contributed by atoms with Crippen LogP contribution in [0.25, 0.3) is 0 Å². The number of carbonyl (C=O) groups is 2. The molecule has 8 heteroatoms. The number of aliphatic carboxylic acids is 1. The zero-order valence-electron chi connectivity index (χ0n) is 11.9. The van der Waals surface area contributed by atoms with Crippen molar-refractivity contribution in [3.63, 3.8) is 0 Å². The van der Waals surface area contributed by atoms with E-state index in [1.165, 1.54) is 0 Å². The highest BCUT2D eigenvalue weighted by molar-refractivity contribution is 5.76. The van der Waals surface area contributed by atoms with Crippen molar-refractivity contribution in [3.05, 3.63) is 0 Å². The molecule has 0 aliphatic heterocycles. The third-order valence-electron chi connectivity index (χ3n) is 2.34. The van der Waals surface area contributed by atoms with Gasteiger partial charge in [-0.15, -0.1) is 0 Å². The standard InChI is InChI=1S/C12H21F2NO5/c1-5-6-7(8(16)12(13,14)9(17)18)15-10(19)20-11(2,3)4/h7-8,16H,5-6H2,1-4H3,(H,15,19)(H,17,18)/t7-,8?/m0/s1. The van der Waals surface area contributed by atoms with Crippen LogP contribution in [0, 0.1) is 0 Å². The number of nitrogens with one attached hydrogen (secondary N) is 1. The van der Waals surface area contributed by atoms with Gasteiger partial charge < -0.3 is 20.3 Å². The Hall–Kier alpha value is -1.44. The predicted octanol–water partition coefficient (Wildman–Crippen LogP) is 1.76. The second-order valence-corrected chi connectivity index (χ2v) is 5.41. The molecule has 0 radical (unpaired) electrons. The van der Waals surface area contributed by atoms with E-state index < -0.39 is 35.7 Å². The molecule has 0 spiro atoms. The van der Waals surface area contributed by atoms with Crippen molar-refractivity contribution in [1.29, 1.82) is 0 Å². The van der Waals surface area contributed by atoms with Crippen molar-refractivity contribution >= 4 is 12.1 Å². The third-order valence-corrected chi connectivity index (χ3v) is 2.34. The number of alkyl carbamates (subject to hydrolysis) is 1. The van der Waals surface area contributed by atoms with Gasteiger partial charge in [0.25, 0.3) is 0 Å². The van der Waals surface area contributed by atoms with Crippen LogP contribution in [0.3, 0.4) is 0 Å². The van der Waals surface area contributed by atoms with Gasteiger partial charge in [-0.1, -0.05) is 13.3 Å². The van der Waals surface area contributed by atoms with Crippen LogP contribution < -0.4 is 5.32 Å². The molecule has 0 rings (SSSR count).